The van der Waals surface area contributed by atoms with E-state index in [1.54, 1.807) is 0 Å². The summed E-state index contributed by atoms with van der Waals surface area (Å²) >= 11 is 0. The van der Waals surface area contributed by atoms with Crippen LogP contribution in [0.25, 0.3) is 0 Å². The second-order valence-electron chi connectivity index (χ2n) is 3.89. The monoisotopic (exact) mass is 178 g/mol. The molecule has 1 aliphatic carbocycles. The Hall–Kier alpha value is -1.12. The van der Waals surface area contributed by atoms with Crippen molar-refractivity contribution in [3.8, 4) is 0 Å². The summed E-state index contributed by atoms with van der Waals surface area (Å²) in [5.41, 5.74) is 2.86. The van der Waals surface area contributed by atoms with Crippen LogP contribution in [0.15, 0.2) is 0 Å². The first-order valence-corrected chi connectivity index (χ1v) is 4.80. The molecule has 0 aliphatic heterocycles. The van der Waals surface area contributed by atoms with Gasteiger partial charge < -0.3 is 0 Å². The number of hydrogen-bond acceptors (Lipinski definition) is 2. The molecule has 1 aromatic heterocycles. The second kappa shape index (κ2) is 2.98. The molecule has 0 spiro atoms. The molecule has 3 nitrogen and oxygen atoms in total. The predicted octanol–water partition coefficient (Wildman–Crippen LogP) is 2.05. The topological polar surface area (TPSA) is 45.8 Å². The van der Waals surface area contributed by atoms with Gasteiger partial charge in [-0.2, -0.15) is 5.10 Å². The number of aromatic amines is 1. The maximum atomic E-state index is 11.6. The molecule has 2 rings (SSSR count). The number of fused-ring (bicyclic) bond motifs is 1. The molecule has 1 aromatic rings. The molecule has 0 aromatic carbocycles. The fraction of sp³-hybridized carbons (Fsp3) is 0.600. The van der Waals surface area contributed by atoms with Gasteiger partial charge in [0.1, 0.15) is 0 Å². The van der Waals surface area contributed by atoms with Crippen LogP contribution in [0, 0.1) is 0 Å². The summed E-state index contributed by atoms with van der Waals surface area (Å²) in [5, 5.41) is 7.17. The predicted molar refractivity (Wildman–Crippen MR) is 49.9 cm³/mol. The maximum Gasteiger partial charge on any atom is 0.166 e. The first-order valence-electron chi connectivity index (χ1n) is 4.80. The van der Waals surface area contributed by atoms with E-state index < -0.39 is 0 Å². The van der Waals surface area contributed by atoms with E-state index in [1.165, 1.54) is 0 Å². The van der Waals surface area contributed by atoms with Gasteiger partial charge >= 0.3 is 0 Å². The Morgan fingerprint density at radius 3 is 2.85 bits per heavy atom. The molecule has 3 heteroatoms. The Morgan fingerprint density at radius 1 is 1.38 bits per heavy atom. The van der Waals surface area contributed by atoms with Gasteiger partial charge in [0.25, 0.3) is 0 Å². The zero-order valence-corrected chi connectivity index (χ0v) is 8.05. The second-order valence-corrected chi connectivity index (χ2v) is 3.89. The van der Waals surface area contributed by atoms with Gasteiger partial charge in [-0.15, -0.1) is 0 Å². The zero-order chi connectivity index (χ0) is 9.42. The van der Waals surface area contributed by atoms with E-state index >= 15 is 0 Å². The van der Waals surface area contributed by atoms with Gasteiger partial charge in [-0.05, 0) is 18.8 Å². The molecular weight excluding hydrogens is 164 g/mol. The van der Waals surface area contributed by atoms with Gasteiger partial charge in [-0.25, -0.2) is 0 Å². The third-order valence-electron chi connectivity index (χ3n) is 2.53. The molecule has 70 valence electrons. The Balaban J connectivity index is 2.50. The molecule has 0 saturated carbocycles. The van der Waals surface area contributed by atoms with Crippen LogP contribution in [0.3, 0.4) is 0 Å². The van der Waals surface area contributed by atoms with Crippen molar-refractivity contribution in [2.45, 2.75) is 39.0 Å². The van der Waals surface area contributed by atoms with Gasteiger partial charge in [0.15, 0.2) is 5.78 Å². The minimum atomic E-state index is 0.263. The number of H-pyrrole nitrogens is 1. The lowest BCUT2D eigenvalue weighted by Crippen LogP contribution is -2.11. The molecule has 1 N–H and O–H groups in total. The summed E-state index contributed by atoms with van der Waals surface area (Å²) < 4.78 is 0. The van der Waals surface area contributed by atoms with Crippen molar-refractivity contribution < 1.29 is 4.79 Å². The lowest BCUT2D eigenvalue weighted by atomic mass is 9.91. The third-order valence-corrected chi connectivity index (χ3v) is 2.53. The average molecular weight is 178 g/mol. The number of hydrogen-bond donors (Lipinski definition) is 1. The Kier molecular flexibility index (Phi) is 1.94. The number of aryl methyl sites for hydroxylation is 1. The standard InChI is InChI=1S/C10H14N2O/c1-6(2)10-9-7(11-12-10)4-3-5-8(9)13/h6H,3-5H2,1-2H3,(H,11,12). The summed E-state index contributed by atoms with van der Waals surface area (Å²) in [7, 11) is 0. The highest BCUT2D eigenvalue weighted by Gasteiger charge is 2.24. The Bertz CT molecular complexity index is 339. The Labute approximate surface area is 77.5 Å². The first kappa shape index (κ1) is 8.48. The molecule has 13 heavy (non-hydrogen) atoms. The van der Waals surface area contributed by atoms with Gasteiger partial charge in [-0.3, -0.25) is 9.89 Å². The van der Waals surface area contributed by atoms with Crippen molar-refractivity contribution >= 4 is 5.78 Å². The molecule has 0 amide bonds. The van der Waals surface area contributed by atoms with Gasteiger partial charge in [0, 0.05) is 12.1 Å². The summed E-state index contributed by atoms with van der Waals surface area (Å²) in [5.74, 6) is 0.598. The molecule has 0 fully saturated rings. The highest BCUT2D eigenvalue weighted by molar-refractivity contribution is 5.99. The average Bonchev–Trinajstić information content (AvgIpc) is 2.49. The normalized spacial score (nSPS) is 16.4. The summed E-state index contributed by atoms with van der Waals surface area (Å²) in [6.07, 6.45) is 2.62. The van der Waals surface area contributed by atoms with Crippen LogP contribution in [-0.2, 0) is 6.42 Å². The van der Waals surface area contributed by atoms with Crippen molar-refractivity contribution in [1.29, 1.82) is 0 Å². The highest BCUT2D eigenvalue weighted by atomic mass is 16.1. The molecule has 1 aliphatic rings. The van der Waals surface area contributed by atoms with Gasteiger partial charge in [0.05, 0.1) is 11.3 Å². The number of ketones is 1. The lowest BCUT2D eigenvalue weighted by Gasteiger charge is -2.11. The number of rotatable bonds is 1. The van der Waals surface area contributed by atoms with Crippen molar-refractivity contribution in [2.24, 2.45) is 0 Å². The minimum absolute atomic E-state index is 0.263. The summed E-state index contributed by atoms with van der Waals surface area (Å²) in [6.45, 7) is 4.14. The SMILES string of the molecule is CC(C)c1n[nH]c2c1C(=O)CCC2. The van der Waals surface area contributed by atoms with E-state index in [0.29, 0.717) is 12.3 Å². The fourth-order valence-corrected chi connectivity index (χ4v) is 1.85. The number of nitrogens with one attached hydrogen (secondary N) is 1. The van der Waals surface area contributed by atoms with Crippen molar-refractivity contribution in [3.63, 3.8) is 0 Å². The van der Waals surface area contributed by atoms with Crippen LogP contribution in [0.5, 0.6) is 0 Å². The Morgan fingerprint density at radius 2 is 2.15 bits per heavy atom. The molecule has 0 unspecified atom stereocenters. The highest BCUT2D eigenvalue weighted by Crippen LogP contribution is 2.26. The van der Waals surface area contributed by atoms with E-state index in [0.717, 1.165) is 29.8 Å². The first-order chi connectivity index (χ1) is 6.20. The minimum Gasteiger partial charge on any atom is -0.294 e. The van der Waals surface area contributed by atoms with Crippen molar-refractivity contribution in [1.82, 2.24) is 10.2 Å². The van der Waals surface area contributed by atoms with Gasteiger partial charge in [0.2, 0.25) is 0 Å². The summed E-state index contributed by atoms with van der Waals surface area (Å²) in [4.78, 5) is 11.6. The van der Waals surface area contributed by atoms with E-state index in [2.05, 4.69) is 24.0 Å². The summed E-state index contributed by atoms with van der Waals surface area (Å²) in [6, 6.07) is 0. The molecular formula is C10H14N2O. The smallest absolute Gasteiger partial charge is 0.166 e. The van der Waals surface area contributed by atoms with Crippen LogP contribution in [0.2, 0.25) is 0 Å². The molecule has 0 saturated heterocycles. The number of Topliss-reactive ketones (excluding diaryl/α,β-unsaturated/α-hetero) is 1. The molecule has 0 bridgehead atoms. The molecule has 1 heterocycles. The fourth-order valence-electron chi connectivity index (χ4n) is 1.85. The van der Waals surface area contributed by atoms with E-state index in [1.807, 2.05) is 0 Å². The van der Waals surface area contributed by atoms with E-state index in [9.17, 15) is 4.79 Å². The van der Waals surface area contributed by atoms with Crippen LogP contribution in [0.4, 0.5) is 0 Å². The van der Waals surface area contributed by atoms with Crippen molar-refractivity contribution in [3.05, 3.63) is 17.0 Å². The zero-order valence-electron chi connectivity index (χ0n) is 8.05. The van der Waals surface area contributed by atoms with E-state index in [-0.39, 0.29) is 5.78 Å². The van der Waals surface area contributed by atoms with Crippen LogP contribution in [0.1, 0.15) is 54.4 Å². The molecule has 0 atom stereocenters. The number of carbonyl (C=O) groups is 1. The quantitative estimate of drug-likeness (QED) is 0.715. The largest absolute Gasteiger partial charge is 0.294 e. The number of carbonyl (C=O) groups excluding carboxylic acids is 1. The maximum absolute atomic E-state index is 11.6. The molecule has 0 radical (unpaired) electrons. The number of aromatic nitrogens is 2. The van der Waals surface area contributed by atoms with E-state index in [4.69, 9.17) is 0 Å². The third kappa shape index (κ3) is 1.28. The lowest BCUT2D eigenvalue weighted by molar-refractivity contribution is 0.0971. The number of nitrogens with zero attached hydrogens (tertiary/aromatic N) is 1. The van der Waals surface area contributed by atoms with Crippen LogP contribution >= 0.6 is 0 Å². The van der Waals surface area contributed by atoms with Gasteiger partial charge in [-0.1, -0.05) is 13.8 Å². The van der Waals surface area contributed by atoms with Crippen LogP contribution < -0.4 is 0 Å². The van der Waals surface area contributed by atoms with Crippen molar-refractivity contribution in [2.75, 3.05) is 0 Å². The van der Waals surface area contributed by atoms with Crippen LogP contribution in [-0.4, -0.2) is 16.0 Å².